The number of thioether (sulfide) groups is 1. The van der Waals surface area contributed by atoms with Gasteiger partial charge in [-0.3, -0.25) is 9.59 Å². The first-order valence-corrected chi connectivity index (χ1v) is 11.5. The van der Waals surface area contributed by atoms with E-state index in [1.54, 1.807) is 0 Å². The molecule has 0 saturated carbocycles. The summed E-state index contributed by atoms with van der Waals surface area (Å²) in [4.78, 5) is 26.8. The molecule has 0 spiro atoms. The fourth-order valence-electron chi connectivity index (χ4n) is 3.84. The number of carbonyl (C=O) groups excluding carboxylic acids is 2. The molecule has 0 aromatic heterocycles. The minimum atomic E-state index is -0.382. The third kappa shape index (κ3) is 3.86. The summed E-state index contributed by atoms with van der Waals surface area (Å²) in [6.07, 6.45) is 1.92. The quantitative estimate of drug-likeness (QED) is 0.516. The molecule has 1 unspecified atom stereocenters. The van der Waals surface area contributed by atoms with Gasteiger partial charge in [0, 0.05) is 34.2 Å². The monoisotopic (exact) mass is 491 g/mol. The van der Waals surface area contributed by atoms with Gasteiger partial charge in [-0.2, -0.15) is 0 Å². The van der Waals surface area contributed by atoms with Crippen molar-refractivity contribution in [3.05, 3.63) is 93.9 Å². The zero-order valence-electron chi connectivity index (χ0n) is 16.3. The molecule has 0 radical (unpaired) electrons. The van der Waals surface area contributed by atoms with E-state index in [0.717, 1.165) is 38.1 Å². The van der Waals surface area contributed by atoms with Gasteiger partial charge in [-0.25, -0.2) is 0 Å². The van der Waals surface area contributed by atoms with E-state index < -0.39 is 0 Å². The average Bonchev–Trinajstić information content (AvgIpc) is 3.41. The van der Waals surface area contributed by atoms with Crippen LogP contribution in [0.4, 0.5) is 11.4 Å². The molecule has 31 heavy (non-hydrogen) atoms. The standard InChI is InChI=1S/C24H18BrN3O2S/c25-16-3-1-4-17(13-16)27-23(30)24-28(11-12-31-24)18-9-7-15(8-10-18)19-5-2-6-20-21(19)14-26-22(20)29/h1-13,24H,14H2,(H,26,29)(H,27,30). The molecule has 3 aromatic carbocycles. The zero-order valence-corrected chi connectivity index (χ0v) is 18.7. The van der Waals surface area contributed by atoms with Gasteiger partial charge in [0.15, 0.2) is 5.37 Å². The molecule has 0 saturated heterocycles. The van der Waals surface area contributed by atoms with Gasteiger partial charge >= 0.3 is 0 Å². The van der Waals surface area contributed by atoms with Gasteiger partial charge in [0.2, 0.25) is 0 Å². The Kier molecular flexibility index (Phi) is 5.29. The van der Waals surface area contributed by atoms with Crippen molar-refractivity contribution in [1.29, 1.82) is 0 Å². The van der Waals surface area contributed by atoms with Crippen LogP contribution in [0.2, 0.25) is 0 Å². The number of rotatable bonds is 4. The van der Waals surface area contributed by atoms with Crippen LogP contribution in [0.3, 0.4) is 0 Å². The summed E-state index contributed by atoms with van der Waals surface area (Å²) in [6, 6.07) is 21.4. The lowest BCUT2D eigenvalue weighted by atomic mass is 9.97. The van der Waals surface area contributed by atoms with E-state index in [1.165, 1.54) is 11.8 Å². The highest BCUT2D eigenvalue weighted by Gasteiger charge is 2.29. The first kappa shape index (κ1) is 19.9. The van der Waals surface area contributed by atoms with Crippen LogP contribution in [0.25, 0.3) is 11.1 Å². The molecular weight excluding hydrogens is 474 g/mol. The van der Waals surface area contributed by atoms with E-state index in [1.807, 2.05) is 83.2 Å². The number of hydrogen-bond acceptors (Lipinski definition) is 4. The van der Waals surface area contributed by atoms with Crippen LogP contribution in [-0.2, 0) is 11.3 Å². The highest BCUT2D eigenvalue weighted by molar-refractivity contribution is 9.10. The Morgan fingerprint density at radius 2 is 1.84 bits per heavy atom. The normalized spacial score (nSPS) is 16.9. The first-order valence-electron chi connectivity index (χ1n) is 9.77. The fraction of sp³-hybridized carbons (Fsp3) is 0.0833. The predicted molar refractivity (Wildman–Crippen MR) is 129 cm³/mol. The number of benzene rings is 3. The van der Waals surface area contributed by atoms with Crippen molar-refractivity contribution in [2.24, 2.45) is 0 Å². The molecule has 0 fully saturated rings. The van der Waals surface area contributed by atoms with Crippen molar-refractivity contribution in [2.75, 3.05) is 10.2 Å². The highest BCUT2D eigenvalue weighted by atomic mass is 79.9. The van der Waals surface area contributed by atoms with Crippen LogP contribution in [-0.4, -0.2) is 17.2 Å². The number of hydrogen-bond donors (Lipinski definition) is 2. The van der Waals surface area contributed by atoms with Crippen LogP contribution < -0.4 is 15.5 Å². The summed E-state index contributed by atoms with van der Waals surface area (Å²) in [5.74, 6) is -0.102. The van der Waals surface area contributed by atoms with Gasteiger partial charge in [0.1, 0.15) is 0 Å². The van der Waals surface area contributed by atoms with Crippen LogP contribution in [0, 0.1) is 0 Å². The number of fused-ring (bicyclic) bond motifs is 1. The number of halogens is 1. The smallest absolute Gasteiger partial charge is 0.258 e. The first-order chi connectivity index (χ1) is 15.1. The molecule has 5 nitrogen and oxygen atoms in total. The van der Waals surface area contributed by atoms with Gasteiger partial charge in [0.25, 0.3) is 11.8 Å². The van der Waals surface area contributed by atoms with E-state index in [-0.39, 0.29) is 17.2 Å². The Bertz CT molecular complexity index is 1210. The highest BCUT2D eigenvalue weighted by Crippen LogP contribution is 2.34. The minimum Gasteiger partial charge on any atom is -0.348 e. The molecule has 2 N–H and O–H groups in total. The lowest BCUT2D eigenvalue weighted by Crippen LogP contribution is -2.36. The second kappa shape index (κ2) is 8.24. The Balaban J connectivity index is 1.36. The maximum absolute atomic E-state index is 12.9. The second-order valence-electron chi connectivity index (χ2n) is 7.24. The van der Waals surface area contributed by atoms with E-state index in [0.29, 0.717) is 6.54 Å². The van der Waals surface area contributed by atoms with Gasteiger partial charge in [-0.15, -0.1) is 0 Å². The number of amides is 2. The van der Waals surface area contributed by atoms with Gasteiger partial charge in [0.05, 0.1) is 0 Å². The molecule has 2 aliphatic rings. The fourth-order valence-corrected chi connectivity index (χ4v) is 5.09. The molecule has 7 heteroatoms. The third-order valence-electron chi connectivity index (χ3n) is 5.32. The molecule has 2 aliphatic heterocycles. The van der Waals surface area contributed by atoms with Crippen molar-refractivity contribution >= 4 is 50.9 Å². The molecule has 154 valence electrons. The predicted octanol–water partition coefficient (Wildman–Crippen LogP) is 5.35. The van der Waals surface area contributed by atoms with E-state index in [9.17, 15) is 9.59 Å². The van der Waals surface area contributed by atoms with Crippen LogP contribution in [0.1, 0.15) is 15.9 Å². The van der Waals surface area contributed by atoms with Gasteiger partial charge in [-0.1, -0.05) is 58.0 Å². The van der Waals surface area contributed by atoms with Crippen LogP contribution in [0.15, 0.2) is 82.8 Å². The third-order valence-corrected chi connectivity index (χ3v) is 6.79. The van der Waals surface area contributed by atoms with Crippen molar-refractivity contribution < 1.29 is 9.59 Å². The minimum absolute atomic E-state index is 0.0213. The van der Waals surface area contributed by atoms with E-state index >= 15 is 0 Å². The summed E-state index contributed by atoms with van der Waals surface area (Å²) in [7, 11) is 0. The zero-order chi connectivity index (χ0) is 21.4. The molecule has 0 bridgehead atoms. The maximum Gasteiger partial charge on any atom is 0.258 e. The summed E-state index contributed by atoms with van der Waals surface area (Å²) in [6.45, 7) is 0.551. The second-order valence-corrected chi connectivity index (χ2v) is 9.15. The lowest BCUT2D eigenvalue weighted by Gasteiger charge is -2.24. The molecule has 5 rings (SSSR count). The van der Waals surface area contributed by atoms with Crippen LogP contribution in [0.5, 0.6) is 0 Å². The SMILES string of the molecule is O=C1NCc2c1cccc2-c1ccc(N2C=CSC2C(=O)Nc2cccc(Br)c2)cc1. The van der Waals surface area contributed by atoms with Gasteiger partial charge in [-0.05, 0) is 58.5 Å². The number of carbonyl (C=O) groups is 2. The lowest BCUT2D eigenvalue weighted by molar-refractivity contribution is -0.115. The Labute approximate surface area is 192 Å². The number of nitrogens with zero attached hydrogens (tertiary/aromatic N) is 1. The summed E-state index contributed by atoms with van der Waals surface area (Å²) < 4.78 is 0.916. The maximum atomic E-state index is 12.9. The molecule has 3 aromatic rings. The van der Waals surface area contributed by atoms with Crippen molar-refractivity contribution in [3.63, 3.8) is 0 Å². The average molecular weight is 492 g/mol. The summed E-state index contributed by atoms with van der Waals surface area (Å²) in [5, 5.41) is 7.42. The van der Waals surface area contributed by atoms with Crippen molar-refractivity contribution in [2.45, 2.75) is 11.9 Å². The van der Waals surface area contributed by atoms with Gasteiger partial charge < -0.3 is 15.5 Å². The van der Waals surface area contributed by atoms with Crippen molar-refractivity contribution in [1.82, 2.24) is 5.32 Å². The number of anilines is 2. The topological polar surface area (TPSA) is 61.4 Å². The molecule has 2 amide bonds. The molecule has 0 aliphatic carbocycles. The van der Waals surface area contributed by atoms with E-state index in [4.69, 9.17) is 0 Å². The molecular formula is C24H18BrN3O2S. The summed E-state index contributed by atoms with van der Waals surface area (Å²) in [5.41, 5.74) is 5.55. The van der Waals surface area contributed by atoms with E-state index in [2.05, 4.69) is 26.6 Å². The molecule has 1 atom stereocenters. The van der Waals surface area contributed by atoms with Crippen LogP contribution >= 0.6 is 27.7 Å². The molecule has 2 heterocycles. The van der Waals surface area contributed by atoms with Crippen molar-refractivity contribution in [3.8, 4) is 11.1 Å². The Morgan fingerprint density at radius 1 is 1.06 bits per heavy atom. The largest absolute Gasteiger partial charge is 0.348 e. The Morgan fingerprint density at radius 3 is 2.65 bits per heavy atom. The number of nitrogens with one attached hydrogen (secondary N) is 2. The summed E-state index contributed by atoms with van der Waals surface area (Å²) >= 11 is 4.90. The Hall–Kier alpha value is -3.03.